The summed E-state index contributed by atoms with van der Waals surface area (Å²) in [5.74, 6) is -0.922. The molecule has 1 aliphatic carbocycles. The molecule has 40 heavy (non-hydrogen) atoms. The van der Waals surface area contributed by atoms with Crippen LogP contribution in [0.15, 0.2) is 30.5 Å². The predicted octanol–water partition coefficient (Wildman–Crippen LogP) is 5.42. The normalized spacial score (nSPS) is 20.1. The van der Waals surface area contributed by atoms with E-state index in [-0.39, 0.29) is 41.7 Å². The first kappa shape index (κ1) is 26.1. The van der Waals surface area contributed by atoms with Crippen LogP contribution in [-0.2, 0) is 6.42 Å². The van der Waals surface area contributed by atoms with Crippen molar-refractivity contribution in [2.75, 3.05) is 24.6 Å². The molecule has 1 saturated carbocycles. The van der Waals surface area contributed by atoms with E-state index in [1.807, 2.05) is 11.8 Å². The topological polar surface area (TPSA) is 115 Å². The summed E-state index contributed by atoms with van der Waals surface area (Å²) in [5.41, 5.74) is -1.05. The Morgan fingerprint density at radius 1 is 1.18 bits per heavy atom. The van der Waals surface area contributed by atoms with Gasteiger partial charge in [-0.3, -0.25) is 4.98 Å². The van der Waals surface area contributed by atoms with Crippen LogP contribution < -0.4 is 9.64 Å². The molecule has 2 aromatic heterocycles. The van der Waals surface area contributed by atoms with Gasteiger partial charge in [-0.2, -0.15) is 15.2 Å². The first-order valence-corrected chi connectivity index (χ1v) is 13.5. The van der Waals surface area contributed by atoms with Gasteiger partial charge in [-0.1, -0.05) is 13.0 Å². The van der Waals surface area contributed by atoms with E-state index in [4.69, 9.17) is 4.74 Å². The van der Waals surface area contributed by atoms with Crippen LogP contribution in [-0.4, -0.2) is 50.5 Å². The summed E-state index contributed by atoms with van der Waals surface area (Å²) in [5, 5.41) is 32.0. The number of nitrogens with zero attached hydrogens (tertiary/aromatic N) is 5. The molecule has 3 heterocycles. The Morgan fingerprint density at radius 3 is 2.67 bits per heavy atom. The van der Waals surface area contributed by atoms with E-state index >= 15 is 4.39 Å². The standard InChI is InChI=1S/C30H29F2N5O3/c1-3-19-22(31)6-5-17-11-18(38)12-20(23(17)19)25-24(32)26-21(13-34-25)27(37-10-4-7-29(2,39)15-37)36-28(35-26)40-16-30(14-33)8-9-30/h5-6,11-13,38-39H,3-4,7-10,15-16H2,1-2H3/t29-/m1/s1. The monoisotopic (exact) mass is 545 g/mol. The number of pyridine rings is 1. The zero-order valence-electron chi connectivity index (χ0n) is 22.3. The maximum Gasteiger partial charge on any atom is 0.319 e. The van der Waals surface area contributed by atoms with Gasteiger partial charge in [0.25, 0.3) is 0 Å². The highest BCUT2D eigenvalue weighted by Crippen LogP contribution is 2.45. The van der Waals surface area contributed by atoms with Crippen molar-refractivity contribution < 1.29 is 23.7 Å². The number of aromatic nitrogens is 3. The van der Waals surface area contributed by atoms with Crippen LogP contribution in [0.2, 0.25) is 0 Å². The van der Waals surface area contributed by atoms with Crippen LogP contribution in [0.3, 0.4) is 0 Å². The number of piperidine rings is 1. The van der Waals surface area contributed by atoms with Crippen LogP contribution >= 0.6 is 0 Å². The largest absolute Gasteiger partial charge is 0.508 e. The van der Waals surface area contributed by atoms with E-state index in [2.05, 4.69) is 21.0 Å². The molecule has 0 bridgehead atoms. The first-order chi connectivity index (χ1) is 19.1. The van der Waals surface area contributed by atoms with Crippen molar-refractivity contribution in [3.63, 3.8) is 0 Å². The average molecular weight is 546 g/mol. The Morgan fingerprint density at radius 2 is 1.98 bits per heavy atom. The number of hydrogen-bond acceptors (Lipinski definition) is 8. The van der Waals surface area contributed by atoms with Crippen molar-refractivity contribution in [2.24, 2.45) is 5.41 Å². The van der Waals surface area contributed by atoms with E-state index in [1.54, 1.807) is 13.0 Å². The molecule has 1 aliphatic heterocycles. The van der Waals surface area contributed by atoms with Gasteiger partial charge >= 0.3 is 6.01 Å². The Bertz CT molecular complexity index is 1700. The second-order valence-corrected chi connectivity index (χ2v) is 11.2. The van der Waals surface area contributed by atoms with E-state index in [0.29, 0.717) is 66.2 Å². The number of aliphatic hydroxyl groups is 1. The molecule has 2 N–H and O–H groups in total. The molecule has 6 rings (SSSR count). The highest BCUT2D eigenvalue weighted by molar-refractivity contribution is 6.01. The molecule has 2 aromatic carbocycles. The lowest BCUT2D eigenvalue weighted by atomic mass is 9.94. The van der Waals surface area contributed by atoms with Crippen LogP contribution in [0.5, 0.6) is 11.8 Å². The molecule has 1 atom stereocenters. The number of ether oxygens (including phenoxy) is 1. The fourth-order valence-electron chi connectivity index (χ4n) is 5.59. The molecule has 10 heteroatoms. The second-order valence-electron chi connectivity index (χ2n) is 11.2. The molecule has 2 fully saturated rings. The molecule has 206 valence electrons. The lowest BCUT2D eigenvalue weighted by Gasteiger charge is -2.37. The quantitative estimate of drug-likeness (QED) is 0.330. The zero-order chi connectivity index (χ0) is 28.2. The number of rotatable bonds is 6. The minimum atomic E-state index is -0.956. The number of halogens is 2. The van der Waals surface area contributed by atoms with E-state index in [9.17, 15) is 19.9 Å². The van der Waals surface area contributed by atoms with Crippen LogP contribution in [0.1, 0.15) is 45.1 Å². The van der Waals surface area contributed by atoms with Crippen LogP contribution in [0, 0.1) is 28.4 Å². The lowest BCUT2D eigenvalue weighted by molar-refractivity contribution is 0.0447. The van der Waals surface area contributed by atoms with Crippen molar-refractivity contribution in [1.29, 1.82) is 5.26 Å². The summed E-state index contributed by atoms with van der Waals surface area (Å²) >= 11 is 0. The second kappa shape index (κ2) is 9.52. The molecule has 1 saturated heterocycles. The van der Waals surface area contributed by atoms with E-state index < -0.39 is 22.7 Å². The number of benzene rings is 2. The number of hydrogen-bond donors (Lipinski definition) is 2. The molecule has 8 nitrogen and oxygen atoms in total. The fourth-order valence-corrected chi connectivity index (χ4v) is 5.59. The maximum atomic E-state index is 16.5. The highest BCUT2D eigenvalue weighted by atomic mass is 19.1. The summed E-state index contributed by atoms with van der Waals surface area (Å²) < 4.78 is 37.1. The molecule has 0 spiro atoms. The SMILES string of the molecule is CCc1c(F)ccc2cc(O)cc(-c3ncc4c(N5CCC[C@@](C)(O)C5)nc(OCC5(C#N)CC5)nc4c3F)c12. The number of anilines is 1. The number of aryl methyl sites for hydroxylation is 1. The first-order valence-electron chi connectivity index (χ1n) is 13.5. The Kier molecular flexibility index (Phi) is 6.22. The summed E-state index contributed by atoms with van der Waals surface area (Å²) in [4.78, 5) is 15.3. The minimum absolute atomic E-state index is 0.0528. The molecular weight excluding hydrogens is 516 g/mol. The van der Waals surface area contributed by atoms with E-state index in [1.165, 1.54) is 24.4 Å². The van der Waals surface area contributed by atoms with Crippen molar-refractivity contribution >= 4 is 27.5 Å². The third-order valence-electron chi connectivity index (χ3n) is 7.95. The van der Waals surface area contributed by atoms with Gasteiger partial charge in [0.15, 0.2) is 5.82 Å². The third-order valence-corrected chi connectivity index (χ3v) is 7.95. The van der Waals surface area contributed by atoms with Gasteiger partial charge in [-0.05, 0) is 73.6 Å². The average Bonchev–Trinajstić information content (AvgIpc) is 3.72. The van der Waals surface area contributed by atoms with Gasteiger partial charge in [-0.15, -0.1) is 0 Å². The van der Waals surface area contributed by atoms with Crippen molar-refractivity contribution in [3.8, 4) is 29.1 Å². The van der Waals surface area contributed by atoms with Crippen LogP contribution in [0.25, 0.3) is 32.9 Å². The third kappa shape index (κ3) is 4.54. The lowest BCUT2D eigenvalue weighted by Crippen LogP contribution is -2.46. The van der Waals surface area contributed by atoms with Gasteiger partial charge < -0.3 is 19.8 Å². The summed E-state index contributed by atoms with van der Waals surface area (Å²) in [6.45, 7) is 4.51. The molecule has 4 aromatic rings. The number of phenolic OH excluding ortho intramolecular Hbond substituents is 1. The summed E-state index contributed by atoms with van der Waals surface area (Å²) in [7, 11) is 0. The molecule has 0 amide bonds. The van der Waals surface area contributed by atoms with Gasteiger partial charge in [-0.25, -0.2) is 8.78 Å². The minimum Gasteiger partial charge on any atom is -0.508 e. The van der Waals surface area contributed by atoms with Crippen molar-refractivity contribution in [1.82, 2.24) is 15.0 Å². The number of fused-ring (bicyclic) bond motifs is 2. The smallest absolute Gasteiger partial charge is 0.319 e. The van der Waals surface area contributed by atoms with Gasteiger partial charge in [0.05, 0.1) is 22.5 Å². The van der Waals surface area contributed by atoms with Crippen molar-refractivity contribution in [3.05, 3.63) is 47.7 Å². The number of β-amino-alcohol motifs (C(OH)–C–C–N with tert-alkyl or cyclic N) is 1. The van der Waals surface area contributed by atoms with Gasteiger partial charge in [0.2, 0.25) is 0 Å². The molecule has 0 unspecified atom stereocenters. The van der Waals surface area contributed by atoms with Gasteiger partial charge in [0.1, 0.15) is 35.2 Å². The summed E-state index contributed by atoms with van der Waals surface area (Å²) in [6, 6.07) is 7.95. The fraction of sp³-hybridized carbons (Fsp3) is 0.400. The Labute approximate surface area is 229 Å². The Balaban J connectivity index is 1.55. The number of aromatic hydroxyl groups is 1. The Hall–Kier alpha value is -4.10. The highest BCUT2D eigenvalue weighted by Gasteiger charge is 2.44. The van der Waals surface area contributed by atoms with E-state index in [0.717, 1.165) is 0 Å². The predicted molar refractivity (Wildman–Crippen MR) is 146 cm³/mol. The number of phenols is 1. The molecule has 2 aliphatic rings. The zero-order valence-corrected chi connectivity index (χ0v) is 22.3. The number of nitriles is 1. The summed E-state index contributed by atoms with van der Waals surface area (Å²) in [6.07, 6.45) is 4.58. The molecular formula is C30H29F2N5O3. The van der Waals surface area contributed by atoms with Gasteiger partial charge in [0, 0.05) is 24.8 Å². The van der Waals surface area contributed by atoms with Crippen molar-refractivity contribution in [2.45, 2.75) is 51.6 Å². The molecule has 0 radical (unpaired) electrons. The maximum absolute atomic E-state index is 16.5. The van der Waals surface area contributed by atoms with Crippen LogP contribution in [0.4, 0.5) is 14.6 Å².